The summed E-state index contributed by atoms with van der Waals surface area (Å²) in [5.74, 6) is -3.80. The minimum absolute atomic E-state index is 0.116. The molecule has 1 aliphatic heterocycles. The van der Waals surface area contributed by atoms with Gasteiger partial charge >= 0.3 is 11.9 Å². The molecule has 184 valence electrons. The minimum atomic E-state index is -1.00. The summed E-state index contributed by atoms with van der Waals surface area (Å²) in [5.41, 5.74) is 2.16. The second-order valence-corrected chi connectivity index (χ2v) is 8.76. The highest BCUT2D eigenvalue weighted by atomic mass is 16.5. The topological polar surface area (TPSA) is 120 Å². The first-order chi connectivity index (χ1) is 16.0. The normalized spacial score (nSPS) is 22.2. The standard InChI is InChI=1S/C25H31NO8/c1-11(2)34-25(30)19-13(4)26-15-8-12(3)18(24(29)33-7)23(28)21(15)20(19)14-9-16(31-5)22(27)17(10-14)32-6/h9-12,18,20,26-27H,8H2,1-7H3/t12-,18+,20+/m1/s1. The van der Waals surface area contributed by atoms with Crippen LogP contribution in [-0.2, 0) is 23.9 Å². The molecule has 1 aromatic carbocycles. The van der Waals surface area contributed by atoms with E-state index in [1.54, 1.807) is 32.9 Å². The Kier molecular flexibility index (Phi) is 7.24. The van der Waals surface area contributed by atoms with Crippen molar-refractivity contribution in [1.82, 2.24) is 5.32 Å². The van der Waals surface area contributed by atoms with Crippen LogP contribution in [0.5, 0.6) is 17.2 Å². The van der Waals surface area contributed by atoms with Crippen molar-refractivity contribution in [3.63, 3.8) is 0 Å². The number of phenolic OH excluding ortho intramolecular Hbond substituents is 1. The van der Waals surface area contributed by atoms with Crippen LogP contribution in [0.3, 0.4) is 0 Å². The molecule has 0 radical (unpaired) electrons. The number of benzene rings is 1. The first-order valence-electron chi connectivity index (χ1n) is 11.0. The number of rotatable bonds is 6. The number of esters is 2. The van der Waals surface area contributed by atoms with Gasteiger partial charge in [-0.1, -0.05) is 6.92 Å². The van der Waals surface area contributed by atoms with E-state index in [4.69, 9.17) is 18.9 Å². The summed E-state index contributed by atoms with van der Waals surface area (Å²) in [6.07, 6.45) is 0.0192. The van der Waals surface area contributed by atoms with Gasteiger partial charge in [0.2, 0.25) is 5.75 Å². The average molecular weight is 474 g/mol. The van der Waals surface area contributed by atoms with Crippen molar-refractivity contribution < 1.29 is 38.4 Å². The molecule has 0 fully saturated rings. The Labute approximate surface area is 198 Å². The number of allylic oxidation sites excluding steroid dienone is 3. The summed E-state index contributed by atoms with van der Waals surface area (Å²) in [6.45, 7) is 7.02. The lowest BCUT2D eigenvalue weighted by molar-refractivity contribution is -0.151. The molecule has 0 saturated heterocycles. The van der Waals surface area contributed by atoms with Crippen LogP contribution in [-0.4, -0.2) is 50.3 Å². The number of carbonyl (C=O) groups is 3. The van der Waals surface area contributed by atoms with Crippen LogP contribution in [0.1, 0.15) is 45.6 Å². The van der Waals surface area contributed by atoms with E-state index in [-0.39, 0.29) is 34.3 Å². The van der Waals surface area contributed by atoms with Gasteiger partial charge in [0.25, 0.3) is 0 Å². The highest BCUT2D eigenvalue weighted by Crippen LogP contribution is 2.48. The van der Waals surface area contributed by atoms with Crippen molar-refractivity contribution >= 4 is 17.7 Å². The number of methoxy groups -OCH3 is 3. The van der Waals surface area contributed by atoms with E-state index >= 15 is 0 Å². The van der Waals surface area contributed by atoms with E-state index in [0.717, 1.165) is 0 Å². The Bertz CT molecular complexity index is 1060. The molecule has 1 aliphatic carbocycles. The lowest BCUT2D eigenvalue weighted by atomic mass is 9.69. The van der Waals surface area contributed by atoms with E-state index in [9.17, 15) is 19.5 Å². The van der Waals surface area contributed by atoms with Crippen molar-refractivity contribution in [2.75, 3.05) is 21.3 Å². The second kappa shape index (κ2) is 9.79. The van der Waals surface area contributed by atoms with Crippen LogP contribution in [0.25, 0.3) is 0 Å². The maximum Gasteiger partial charge on any atom is 0.337 e. The smallest absolute Gasteiger partial charge is 0.337 e. The molecular weight excluding hydrogens is 442 g/mol. The summed E-state index contributed by atoms with van der Waals surface area (Å²) in [5, 5.41) is 13.6. The number of phenols is 1. The van der Waals surface area contributed by atoms with Crippen LogP contribution in [0.15, 0.2) is 34.7 Å². The Morgan fingerprint density at radius 1 is 1.12 bits per heavy atom. The van der Waals surface area contributed by atoms with Crippen molar-refractivity contribution in [3.05, 3.63) is 40.2 Å². The Morgan fingerprint density at radius 3 is 2.21 bits per heavy atom. The molecule has 0 amide bonds. The molecule has 2 N–H and O–H groups in total. The van der Waals surface area contributed by atoms with E-state index in [1.807, 2.05) is 6.92 Å². The fourth-order valence-corrected chi connectivity index (χ4v) is 4.64. The number of aromatic hydroxyl groups is 1. The fraction of sp³-hybridized carbons (Fsp3) is 0.480. The first-order valence-corrected chi connectivity index (χ1v) is 11.0. The second-order valence-electron chi connectivity index (χ2n) is 8.76. The van der Waals surface area contributed by atoms with Gasteiger partial charge in [-0.25, -0.2) is 4.79 Å². The summed E-state index contributed by atoms with van der Waals surface area (Å²) < 4.78 is 21.0. The molecular formula is C25H31NO8. The highest BCUT2D eigenvalue weighted by molar-refractivity contribution is 6.12. The molecule has 34 heavy (non-hydrogen) atoms. The van der Waals surface area contributed by atoms with Crippen molar-refractivity contribution in [2.45, 2.75) is 46.1 Å². The minimum Gasteiger partial charge on any atom is -0.502 e. The predicted octanol–water partition coefficient (Wildman–Crippen LogP) is 2.97. The van der Waals surface area contributed by atoms with Crippen LogP contribution < -0.4 is 14.8 Å². The zero-order valence-electron chi connectivity index (χ0n) is 20.5. The van der Waals surface area contributed by atoms with Gasteiger partial charge in [-0.15, -0.1) is 0 Å². The van der Waals surface area contributed by atoms with Crippen molar-refractivity contribution in [2.24, 2.45) is 11.8 Å². The molecule has 9 heteroatoms. The Morgan fingerprint density at radius 2 is 1.71 bits per heavy atom. The quantitative estimate of drug-likeness (QED) is 0.474. The number of carbonyl (C=O) groups excluding carboxylic acids is 3. The third kappa shape index (κ3) is 4.34. The average Bonchev–Trinajstić information content (AvgIpc) is 2.77. The third-order valence-corrected chi connectivity index (χ3v) is 6.14. The monoisotopic (exact) mass is 473 g/mol. The number of hydrogen-bond acceptors (Lipinski definition) is 9. The summed E-state index contributed by atoms with van der Waals surface area (Å²) in [6, 6.07) is 3.10. The first kappa shape index (κ1) is 25.1. The van der Waals surface area contributed by atoms with Gasteiger partial charge in [-0.3, -0.25) is 9.59 Å². The number of ether oxygens (including phenoxy) is 4. The van der Waals surface area contributed by atoms with E-state index in [1.165, 1.54) is 21.3 Å². The van der Waals surface area contributed by atoms with Crippen molar-refractivity contribution in [1.29, 1.82) is 0 Å². The van der Waals surface area contributed by atoms with Gasteiger partial charge in [0, 0.05) is 22.9 Å². The number of dihydropyridines is 1. The van der Waals surface area contributed by atoms with Gasteiger partial charge in [0.15, 0.2) is 17.3 Å². The molecule has 1 heterocycles. The van der Waals surface area contributed by atoms with Gasteiger partial charge in [0.1, 0.15) is 5.92 Å². The lowest BCUT2D eigenvalue weighted by Crippen LogP contribution is -2.43. The number of ketones is 1. The number of hydrogen-bond donors (Lipinski definition) is 2. The van der Waals surface area contributed by atoms with E-state index in [0.29, 0.717) is 23.4 Å². The summed E-state index contributed by atoms with van der Waals surface area (Å²) in [7, 11) is 4.02. The maximum atomic E-state index is 13.7. The molecule has 2 aliphatic rings. The van der Waals surface area contributed by atoms with Gasteiger partial charge < -0.3 is 29.4 Å². The fourth-order valence-electron chi connectivity index (χ4n) is 4.64. The lowest BCUT2D eigenvalue weighted by Gasteiger charge is -2.38. The van der Waals surface area contributed by atoms with Crippen LogP contribution in [0.4, 0.5) is 0 Å². The summed E-state index contributed by atoms with van der Waals surface area (Å²) in [4.78, 5) is 39.5. The predicted molar refractivity (Wildman–Crippen MR) is 122 cm³/mol. The van der Waals surface area contributed by atoms with Gasteiger partial charge in [-0.05, 0) is 50.8 Å². The Balaban J connectivity index is 2.28. The zero-order chi connectivity index (χ0) is 25.3. The van der Waals surface area contributed by atoms with Gasteiger partial charge in [-0.2, -0.15) is 0 Å². The maximum absolute atomic E-state index is 13.7. The molecule has 0 saturated carbocycles. The Hall–Kier alpha value is -3.49. The molecule has 3 atom stereocenters. The van der Waals surface area contributed by atoms with Crippen molar-refractivity contribution in [3.8, 4) is 17.2 Å². The number of nitrogens with one attached hydrogen (secondary N) is 1. The molecule has 0 aromatic heterocycles. The molecule has 1 aromatic rings. The van der Waals surface area contributed by atoms with Crippen LogP contribution >= 0.6 is 0 Å². The van der Waals surface area contributed by atoms with Gasteiger partial charge in [0.05, 0.1) is 33.0 Å². The summed E-state index contributed by atoms with van der Waals surface area (Å²) >= 11 is 0. The molecule has 9 nitrogen and oxygen atoms in total. The molecule has 3 rings (SSSR count). The van der Waals surface area contributed by atoms with Crippen LogP contribution in [0, 0.1) is 11.8 Å². The van der Waals surface area contributed by atoms with E-state index in [2.05, 4.69) is 5.32 Å². The third-order valence-electron chi connectivity index (χ3n) is 6.14. The van der Waals surface area contributed by atoms with Crippen LogP contribution in [0.2, 0.25) is 0 Å². The molecule has 0 spiro atoms. The largest absolute Gasteiger partial charge is 0.502 e. The highest BCUT2D eigenvalue weighted by Gasteiger charge is 2.47. The zero-order valence-corrected chi connectivity index (χ0v) is 20.5. The van der Waals surface area contributed by atoms with E-state index < -0.39 is 35.7 Å². The number of Topliss-reactive ketones (excluding diaryl/α,β-unsaturated/α-hetero) is 1. The molecule has 0 unspecified atom stereocenters. The molecule has 0 bridgehead atoms. The SMILES string of the molecule is COC(=O)[C@@H]1C(=O)C2=C(C[C@H]1C)NC(C)=C(C(=O)OC(C)C)[C@@H]2c1cc(OC)c(O)c(OC)c1.